The van der Waals surface area contributed by atoms with Gasteiger partial charge in [0, 0.05) is 18.0 Å². The summed E-state index contributed by atoms with van der Waals surface area (Å²) in [5.74, 6) is 0. The Morgan fingerprint density at radius 1 is 1.44 bits per heavy atom. The smallest absolute Gasteiger partial charge is 0.0904 e. The van der Waals surface area contributed by atoms with Gasteiger partial charge in [-0.05, 0) is 32.8 Å². The molecule has 0 fully saturated rings. The molecular formula is C13H20N2S. The Bertz CT molecular complexity index is 377. The number of hydrogen-bond donors (Lipinski definition) is 1. The summed E-state index contributed by atoms with van der Waals surface area (Å²) in [6.07, 6.45) is 5.04. The Kier molecular flexibility index (Phi) is 5.43. The summed E-state index contributed by atoms with van der Waals surface area (Å²) in [4.78, 5) is 6.01. The zero-order valence-corrected chi connectivity index (χ0v) is 11.2. The molecule has 0 unspecified atom stereocenters. The molecule has 3 heteroatoms. The molecule has 2 rings (SSSR count). The van der Waals surface area contributed by atoms with Gasteiger partial charge in [0.1, 0.15) is 0 Å². The number of hydrogen-bond acceptors (Lipinski definition) is 3. The lowest BCUT2D eigenvalue weighted by Crippen LogP contribution is -2.16. The predicted octanol–water partition coefficient (Wildman–Crippen LogP) is 3.19. The van der Waals surface area contributed by atoms with Crippen molar-refractivity contribution >= 4 is 16.9 Å². The average Bonchev–Trinajstić information content (AvgIpc) is 2.51. The van der Waals surface area contributed by atoms with Crippen LogP contribution in [0.4, 0.5) is 0 Å². The quantitative estimate of drug-likeness (QED) is 0.700. The summed E-state index contributed by atoms with van der Waals surface area (Å²) in [6, 6.07) is 0. The van der Waals surface area contributed by atoms with Crippen LogP contribution in [0.2, 0.25) is 0 Å². The minimum atomic E-state index is 0.965. The molecule has 0 radical (unpaired) electrons. The Hall–Kier alpha value is -0.930. The molecule has 1 aromatic rings. The lowest BCUT2D eigenvalue weighted by atomic mass is 10.1. The maximum Gasteiger partial charge on any atom is 0.0904 e. The zero-order chi connectivity index (χ0) is 12.0. The van der Waals surface area contributed by atoms with Crippen LogP contribution in [0.5, 0.6) is 0 Å². The van der Waals surface area contributed by atoms with Crippen LogP contribution >= 0.6 is 11.3 Å². The third-order valence-corrected chi connectivity index (χ3v) is 3.33. The first kappa shape index (κ1) is 13.1. The van der Waals surface area contributed by atoms with Crippen LogP contribution in [0, 0.1) is 6.92 Å². The highest BCUT2D eigenvalue weighted by molar-refractivity contribution is 7.11. The second kappa shape index (κ2) is 6.61. The van der Waals surface area contributed by atoms with Crippen molar-refractivity contribution in [2.24, 2.45) is 0 Å². The van der Waals surface area contributed by atoms with Crippen molar-refractivity contribution in [2.45, 2.75) is 27.2 Å². The molecule has 0 bridgehead atoms. The van der Waals surface area contributed by atoms with Gasteiger partial charge in [0.2, 0.25) is 0 Å². The Morgan fingerprint density at radius 3 is 2.75 bits per heavy atom. The normalized spacial score (nSPS) is 17.1. The van der Waals surface area contributed by atoms with Crippen LogP contribution in [-0.2, 0) is 6.42 Å². The lowest BCUT2D eigenvalue weighted by Gasteiger charge is -2.00. The van der Waals surface area contributed by atoms with Gasteiger partial charge in [-0.3, -0.25) is 0 Å². The summed E-state index contributed by atoms with van der Waals surface area (Å²) in [7, 11) is 0. The van der Waals surface area contributed by atoms with Gasteiger partial charge < -0.3 is 5.32 Å². The molecule has 16 heavy (non-hydrogen) atoms. The minimum Gasteiger partial charge on any atom is -0.312 e. The van der Waals surface area contributed by atoms with Crippen molar-refractivity contribution < 1.29 is 0 Å². The van der Waals surface area contributed by atoms with E-state index in [1.807, 2.05) is 18.3 Å². The van der Waals surface area contributed by atoms with Crippen LogP contribution in [-0.4, -0.2) is 18.1 Å². The van der Waals surface area contributed by atoms with E-state index in [4.69, 9.17) is 0 Å². The molecule has 2 heterocycles. The molecule has 1 aromatic heterocycles. The molecule has 0 atom stereocenters. The van der Waals surface area contributed by atoms with Crippen LogP contribution < -0.4 is 5.32 Å². The van der Waals surface area contributed by atoms with Gasteiger partial charge in [-0.1, -0.05) is 12.2 Å². The Labute approximate surface area is 102 Å². The number of aryl methyl sites for hydroxylation is 1. The molecule has 0 saturated heterocycles. The van der Waals surface area contributed by atoms with E-state index in [0.29, 0.717) is 0 Å². The predicted molar refractivity (Wildman–Crippen MR) is 72.9 cm³/mol. The maximum atomic E-state index is 4.57. The Morgan fingerprint density at radius 2 is 2.12 bits per heavy atom. The second-order valence-corrected chi connectivity index (χ2v) is 4.94. The maximum absolute atomic E-state index is 4.57. The van der Waals surface area contributed by atoms with E-state index in [2.05, 4.69) is 36.8 Å². The monoisotopic (exact) mass is 236 g/mol. The van der Waals surface area contributed by atoms with E-state index in [9.17, 15) is 0 Å². The van der Waals surface area contributed by atoms with Crippen LogP contribution in [0.25, 0.3) is 5.57 Å². The number of thiazole rings is 1. The number of nitrogens with one attached hydrogen (secondary N) is 1. The van der Waals surface area contributed by atoms with Gasteiger partial charge in [-0.15, -0.1) is 17.9 Å². The highest BCUT2D eigenvalue weighted by Crippen LogP contribution is 2.26. The molecule has 0 aromatic carbocycles. The fourth-order valence-corrected chi connectivity index (χ4v) is 2.61. The highest BCUT2D eigenvalue weighted by atomic mass is 32.1. The number of nitrogens with zero attached hydrogens (tertiary/aromatic N) is 1. The molecule has 1 aliphatic rings. The van der Waals surface area contributed by atoms with Gasteiger partial charge in [0.05, 0.1) is 10.7 Å². The summed E-state index contributed by atoms with van der Waals surface area (Å²) in [5.41, 5.74) is 2.58. The van der Waals surface area contributed by atoms with Crippen LogP contribution in [0.3, 0.4) is 0 Å². The first-order valence-corrected chi connectivity index (χ1v) is 6.44. The number of aromatic nitrogens is 1. The standard InChI is InChI=1S/C10H14N2S.C3H6/c1-3-8-6-11-5-4-9-10(8)12-7(2)13-9;1-3-2/h3,11H,4-6H2,1-2H3;3H,1H2,2H3/b8-3+;. The number of fused-ring (bicyclic) bond motifs is 1. The van der Waals surface area contributed by atoms with Crippen LogP contribution in [0.15, 0.2) is 18.7 Å². The topological polar surface area (TPSA) is 24.9 Å². The van der Waals surface area contributed by atoms with Crippen molar-refractivity contribution in [1.29, 1.82) is 0 Å². The van der Waals surface area contributed by atoms with Gasteiger partial charge >= 0.3 is 0 Å². The fourth-order valence-electron chi connectivity index (χ4n) is 1.64. The van der Waals surface area contributed by atoms with Gasteiger partial charge in [-0.25, -0.2) is 4.98 Å². The first-order valence-electron chi connectivity index (χ1n) is 5.62. The van der Waals surface area contributed by atoms with Crippen molar-refractivity contribution in [3.8, 4) is 0 Å². The molecule has 0 aliphatic carbocycles. The van der Waals surface area contributed by atoms with Gasteiger partial charge in [-0.2, -0.15) is 0 Å². The minimum absolute atomic E-state index is 0.965. The molecular weight excluding hydrogens is 216 g/mol. The van der Waals surface area contributed by atoms with Gasteiger partial charge in [0.25, 0.3) is 0 Å². The number of rotatable bonds is 0. The van der Waals surface area contributed by atoms with E-state index < -0.39 is 0 Å². The van der Waals surface area contributed by atoms with E-state index in [1.165, 1.54) is 21.2 Å². The third kappa shape index (κ3) is 3.29. The molecule has 1 N–H and O–H groups in total. The average molecular weight is 236 g/mol. The third-order valence-electron chi connectivity index (χ3n) is 2.30. The lowest BCUT2D eigenvalue weighted by molar-refractivity contribution is 0.770. The van der Waals surface area contributed by atoms with Crippen molar-refractivity contribution in [1.82, 2.24) is 10.3 Å². The summed E-state index contributed by atoms with van der Waals surface area (Å²) in [5, 5.41) is 4.59. The molecule has 0 spiro atoms. The molecule has 2 nitrogen and oxygen atoms in total. The molecule has 88 valence electrons. The van der Waals surface area contributed by atoms with Crippen molar-refractivity contribution in [3.05, 3.63) is 34.3 Å². The van der Waals surface area contributed by atoms with E-state index in [1.54, 1.807) is 6.08 Å². The first-order chi connectivity index (χ1) is 7.72. The molecule has 0 amide bonds. The van der Waals surface area contributed by atoms with Crippen molar-refractivity contribution in [3.63, 3.8) is 0 Å². The second-order valence-electron chi connectivity index (χ2n) is 3.65. The van der Waals surface area contributed by atoms with Crippen molar-refractivity contribution in [2.75, 3.05) is 13.1 Å². The van der Waals surface area contributed by atoms with Crippen LogP contribution in [0.1, 0.15) is 29.4 Å². The molecule has 0 saturated carbocycles. The summed E-state index contributed by atoms with van der Waals surface area (Å²) < 4.78 is 0. The summed E-state index contributed by atoms with van der Waals surface area (Å²) >= 11 is 1.83. The molecule has 1 aliphatic heterocycles. The number of allylic oxidation sites excluding steroid dienone is 2. The van der Waals surface area contributed by atoms with Gasteiger partial charge in [0.15, 0.2) is 0 Å². The van der Waals surface area contributed by atoms with E-state index >= 15 is 0 Å². The highest BCUT2D eigenvalue weighted by Gasteiger charge is 2.15. The van der Waals surface area contributed by atoms with E-state index in [0.717, 1.165) is 19.5 Å². The Balaban J connectivity index is 0.000000386. The zero-order valence-electron chi connectivity index (χ0n) is 10.3. The fraction of sp³-hybridized carbons (Fsp3) is 0.462. The SMILES string of the molecule is C/C=C1\CNCCc2sc(C)nc21.C=CC. The largest absolute Gasteiger partial charge is 0.312 e. The summed E-state index contributed by atoms with van der Waals surface area (Å²) in [6.45, 7) is 11.5. The van der Waals surface area contributed by atoms with E-state index in [-0.39, 0.29) is 0 Å².